The smallest absolute Gasteiger partial charge is 0.184 e. The number of nitrogens with one attached hydrogen (secondary N) is 1. The summed E-state index contributed by atoms with van der Waals surface area (Å²) in [6.07, 6.45) is 6.61. The quantitative estimate of drug-likeness (QED) is 0.431. The van der Waals surface area contributed by atoms with Gasteiger partial charge in [0.25, 0.3) is 0 Å². The van der Waals surface area contributed by atoms with Gasteiger partial charge in [0.05, 0.1) is 6.26 Å². The molecule has 0 saturated carbocycles. The maximum atomic E-state index is 5.13. The van der Waals surface area contributed by atoms with E-state index in [4.69, 9.17) is 10.2 Å². The van der Waals surface area contributed by atoms with Crippen molar-refractivity contribution in [2.75, 3.05) is 0 Å². The van der Waals surface area contributed by atoms with Gasteiger partial charge < -0.3 is 10.2 Å². The third kappa shape index (κ3) is 4.07. The Kier molecular flexibility index (Phi) is 3.72. The van der Waals surface area contributed by atoms with Gasteiger partial charge in [-0.2, -0.15) is 5.10 Å². The van der Waals surface area contributed by atoms with E-state index in [0.29, 0.717) is 0 Å². The van der Waals surface area contributed by atoms with E-state index in [2.05, 4.69) is 22.7 Å². The molecule has 0 radical (unpaired) electrons. The summed E-state index contributed by atoms with van der Waals surface area (Å²) >= 11 is 4.54. The zero-order valence-electron chi connectivity index (χ0n) is 6.81. The van der Waals surface area contributed by atoms with Gasteiger partial charge in [0.1, 0.15) is 5.76 Å². The van der Waals surface area contributed by atoms with Gasteiger partial charge in [-0.1, -0.05) is 0 Å². The van der Waals surface area contributed by atoms with Gasteiger partial charge in [-0.25, -0.2) is 0 Å². The van der Waals surface area contributed by atoms with E-state index in [-0.39, 0.29) is 5.11 Å². The molecule has 0 bridgehead atoms. The van der Waals surface area contributed by atoms with Crippen molar-refractivity contribution in [2.45, 2.75) is 0 Å². The molecule has 1 rings (SSSR count). The average Bonchev–Trinajstić information content (AvgIpc) is 2.55. The number of allylic oxidation sites excluding steroid dienone is 1. The number of hydrazone groups is 1. The Morgan fingerprint density at radius 1 is 1.69 bits per heavy atom. The minimum absolute atomic E-state index is 0.141. The number of hydrogen-bond acceptors (Lipinski definition) is 3. The largest absolute Gasteiger partial charge is 0.465 e. The molecule has 0 aliphatic carbocycles. The Morgan fingerprint density at radius 3 is 3.15 bits per heavy atom. The molecule has 4 nitrogen and oxygen atoms in total. The molecule has 5 heteroatoms. The second-order valence-electron chi connectivity index (χ2n) is 2.13. The van der Waals surface area contributed by atoms with E-state index in [1.807, 2.05) is 12.1 Å². The summed E-state index contributed by atoms with van der Waals surface area (Å²) in [7, 11) is 0. The molecular weight excluding hydrogens is 186 g/mol. The molecule has 0 aromatic carbocycles. The van der Waals surface area contributed by atoms with Crippen LogP contribution < -0.4 is 11.2 Å². The first-order valence-corrected chi connectivity index (χ1v) is 3.98. The van der Waals surface area contributed by atoms with Crippen LogP contribution >= 0.6 is 12.2 Å². The van der Waals surface area contributed by atoms with Gasteiger partial charge in [-0.3, -0.25) is 5.43 Å². The second-order valence-corrected chi connectivity index (χ2v) is 2.57. The van der Waals surface area contributed by atoms with Crippen molar-refractivity contribution in [3.05, 3.63) is 30.2 Å². The number of thiocarbonyl (C=S) groups is 1. The lowest BCUT2D eigenvalue weighted by Gasteiger charge is -1.89. The summed E-state index contributed by atoms with van der Waals surface area (Å²) in [5.41, 5.74) is 7.56. The van der Waals surface area contributed by atoms with E-state index < -0.39 is 0 Å². The third-order valence-corrected chi connectivity index (χ3v) is 1.23. The fraction of sp³-hybridized carbons (Fsp3) is 0. The molecule has 0 amide bonds. The van der Waals surface area contributed by atoms with E-state index in [0.717, 1.165) is 5.76 Å². The lowest BCUT2D eigenvalue weighted by atomic mass is 10.4. The molecule has 0 aliphatic rings. The maximum absolute atomic E-state index is 5.13. The topological polar surface area (TPSA) is 63.5 Å². The predicted octanol–water partition coefficient (Wildman–Crippen LogP) is 1.11. The lowest BCUT2D eigenvalue weighted by molar-refractivity contribution is 0.557. The van der Waals surface area contributed by atoms with Crippen molar-refractivity contribution in [3.8, 4) is 0 Å². The molecule has 1 aromatic rings. The number of nitrogens with zero attached hydrogens (tertiary/aromatic N) is 1. The van der Waals surface area contributed by atoms with Crippen molar-refractivity contribution in [3.63, 3.8) is 0 Å². The van der Waals surface area contributed by atoms with Crippen molar-refractivity contribution >= 4 is 29.6 Å². The fourth-order valence-electron chi connectivity index (χ4n) is 0.668. The Balaban J connectivity index is 2.34. The van der Waals surface area contributed by atoms with Crippen LogP contribution in [0.1, 0.15) is 5.76 Å². The zero-order valence-corrected chi connectivity index (χ0v) is 7.62. The molecule has 0 atom stereocenters. The molecule has 0 fully saturated rings. The highest BCUT2D eigenvalue weighted by Gasteiger charge is 1.83. The second kappa shape index (κ2) is 5.10. The molecule has 0 unspecified atom stereocenters. The van der Waals surface area contributed by atoms with Gasteiger partial charge in [0.15, 0.2) is 5.11 Å². The van der Waals surface area contributed by atoms with Crippen LogP contribution in [0.15, 0.2) is 34.0 Å². The first-order chi connectivity index (χ1) is 6.29. The van der Waals surface area contributed by atoms with Crippen LogP contribution in [-0.2, 0) is 0 Å². The molecule has 0 aliphatic heterocycles. The SMILES string of the molecule is NC(=S)N/N=C\C=C\c1ccco1. The van der Waals surface area contributed by atoms with Crippen molar-refractivity contribution < 1.29 is 4.42 Å². The first-order valence-electron chi connectivity index (χ1n) is 3.58. The monoisotopic (exact) mass is 195 g/mol. The minimum atomic E-state index is 0.141. The Hall–Kier alpha value is -1.62. The Bertz CT molecular complexity index is 316. The van der Waals surface area contributed by atoms with Crippen molar-refractivity contribution in [1.82, 2.24) is 5.43 Å². The van der Waals surface area contributed by atoms with Crippen LogP contribution in [0.5, 0.6) is 0 Å². The summed E-state index contributed by atoms with van der Waals surface area (Å²) in [5.74, 6) is 0.766. The van der Waals surface area contributed by atoms with Crippen LogP contribution in [-0.4, -0.2) is 11.3 Å². The highest BCUT2D eigenvalue weighted by Crippen LogP contribution is 2.00. The first kappa shape index (κ1) is 9.47. The zero-order chi connectivity index (χ0) is 9.52. The summed E-state index contributed by atoms with van der Waals surface area (Å²) in [6, 6.07) is 3.65. The van der Waals surface area contributed by atoms with Gasteiger partial charge in [-0.05, 0) is 36.5 Å². The van der Waals surface area contributed by atoms with E-state index in [1.54, 1.807) is 18.4 Å². The maximum Gasteiger partial charge on any atom is 0.184 e. The van der Waals surface area contributed by atoms with Crippen LogP contribution in [0.4, 0.5) is 0 Å². The number of furan rings is 1. The molecule has 1 aromatic heterocycles. The van der Waals surface area contributed by atoms with Crippen LogP contribution in [0.25, 0.3) is 6.08 Å². The standard InChI is InChI=1S/C8H9N3OS/c9-8(13)11-10-5-1-3-7-4-2-6-12-7/h1-6H,(H3,9,11,13)/b3-1+,10-5-. The predicted molar refractivity (Wildman–Crippen MR) is 56.2 cm³/mol. The highest BCUT2D eigenvalue weighted by atomic mass is 32.1. The molecule has 3 N–H and O–H groups in total. The molecule has 13 heavy (non-hydrogen) atoms. The molecule has 0 saturated heterocycles. The lowest BCUT2D eigenvalue weighted by Crippen LogP contribution is -2.23. The molecular formula is C8H9N3OS. The molecule has 0 spiro atoms. The average molecular weight is 195 g/mol. The number of nitrogens with two attached hydrogens (primary N) is 1. The van der Waals surface area contributed by atoms with Crippen LogP contribution in [0, 0.1) is 0 Å². The van der Waals surface area contributed by atoms with Gasteiger partial charge in [0, 0.05) is 6.21 Å². The summed E-state index contributed by atoms with van der Waals surface area (Å²) in [6.45, 7) is 0. The molecule has 68 valence electrons. The van der Waals surface area contributed by atoms with Gasteiger partial charge >= 0.3 is 0 Å². The molecule has 1 heterocycles. The van der Waals surface area contributed by atoms with Crippen molar-refractivity contribution in [2.24, 2.45) is 10.8 Å². The normalized spacial score (nSPS) is 11.1. The summed E-state index contributed by atoms with van der Waals surface area (Å²) < 4.78 is 5.04. The van der Waals surface area contributed by atoms with Gasteiger partial charge in [0.2, 0.25) is 0 Å². The highest BCUT2D eigenvalue weighted by molar-refractivity contribution is 7.80. The summed E-state index contributed by atoms with van der Waals surface area (Å²) in [5, 5.41) is 3.84. The van der Waals surface area contributed by atoms with Crippen LogP contribution in [0.2, 0.25) is 0 Å². The van der Waals surface area contributed by atoms with E-state index in [9.17, 15) is 0 Å². The number of hydrogen-bond donors (Lipinski definition) is 2. The van der Waals surface area contributed by atoms with Crippen molar-refractivity contribution in [1.29, 1.82) is 0 Å². The van der Waals surface area contributed by atoms with E-state index in [1.165, 1.54) is 6.21 Å². The van der Waals surface area contributed by atoms with Crippen LogP contribution in [0.3, 0.4) is 0 Å². The van der Waals surface area contributed by atoms with E-state index >= 15 is 0 Å². The third-order valence-electron chi connectivity index (χ3n) is 1.14. The van der Waals surface area contributed by atoms with Gasteiger partial charge in [-0.15, -0.1) is 0 Å². The Morgan fingerprint density at radius 2 is 2.54 bits per heavy atom. The summed E-state index contributed by atoms with van der Waals surface area (Å²) in [4.78, 5) is 0. The fourth-order valence-corrected chi connectivity index (χ4v) is 0.721. The number of rotatable bonds is 3. The Labute approximate surface area is 81.1 Å². The minimum Gasteiger partial charge on any atom is -0.465 e.